The SMILES string of the molecule is CCOC(=O)c1nnc2ccc(Cl)cn12. The minimum Gasteiger partial charge on any atom is -0.460 e. The second-order valence-electron chi connectivity index (χ2n) is 2.82. The number of hydrogen-bond acceptors (Lipinski definition) is 4. The van der Waals surface area contributed by atoms with Gasteiger partial charge in [-0.25, -0.2) is 4.79 Å². The molecule has 0 saturated carbocycles. The van der Waals surface area contributed by atoms with Crippen LogP contribution in [0.1, 0.15) is 17.5 Å². The maximum atomic E-state index is 11.4. The van der Waals surface area contributed by atoms with Gasteiger partial charge in [-0.15, -0.1) is 10.2 Å². The highest BCUT2D eigenvalue weighted by Gasteiger charge is 2.14. The first-order valence-electron chi connectivity index (χ1n) is 4.39. The van der Waals surface area contributed by atoms with Gasteiger partial charge in [0.2, 0.25) is 5.82 Å². The van der Waals surface area contributed by atoms with E-state index in [1.54, 1.807) is 25.3 Å². The highest BCUT2D eigenvalue weighted by molar-refractivity contribution is 6.30. The first-order valence-corrected chi connectivity index (χ1v) is 4.77. The molecule has 0 atom stereocenters. The molecule has 0 aliphatic rings. The third kappa shape index (κ3) is 1.78. The Hall–Kier alpha value is -1.62. The van der Waals surface area contributed by atoms with Crippen LogP contribution in [0.25, 0.3) is 5.65 Å². The van der Waals surface area contributed by atoms with Gasteiger partial charge in [0.1, 0.15) is 0 Å². The molecule has 0 radical (unpaired) electrons. The van der Waals surface area contributed by atoms with Gasteiger partial charge in [0.15, 0.2) is 5.65 Å². The summed E-state index contributed by atoms with van der Waals surface area (Å²) in [7, 11) is 0. The number of esters is 1. The van der Waals surface area contributed by atoms with Crippen LogP contribution >= 0.6 is 11.6 Å². The van der Waals surface area contributed by atoms with Crippen LogP contribution in [0.3, 0.4) is 0 Å². The van der Waals surface area contributed by atoms with Crippen molar-refractivity contribution in [1.29, 1.82) is 0 Å². The van der Waals surface area contributed by atoms with Gasteiger partial charge in [-0.05, 0) is 19.1 Å². The summed E-state index contributed by atoms with van der Waals surface area (Å²) in [5.41, 5.74) is 0.558. The highest BCUT2D eigenvalue weighted by atomic mass is 35.5. The molecule has 0 bridgehead atoms. The Labute approximate surface area is 90.6 Å². The molecule has 0 N–H and O–H groups in total. The minimum atomic E-state index is -0.507. The predicted octanol–water partition coefficient (Wildman–Crippen LogP) is 1.56. The zero-order valence-corrected chi connectivity index (χ0v) is 8.73. The molecule has 0 spiro atoms. The van der Waals surface area contributed by atoms with Gasteiger partial charge in [-0.2, -0.15) is 0 Å². The van der Waals surface area contributed by atoms with Crippen LogP contribution in [0, 0.1) is 0 Å². The van der Waals surface area contributed by atoms with Crippen molar-refractivity contribution in [1.82, 2.24) is 14.6 Å². The molecule has 0 unspecified atom stereocenters. The molecular formula is C9H8ClN3O2. The van der Waals surface area contributed by atoms with E-state index >= 15 is 0 Å². The quantitative estimate of drug-likeness (QED) is 0.728. The summed E-state index contributed by atoms with van der Waals surface area (Å²) in [6.07, 6.45) is 1.57. The topological polar surface area (TPSA) is 56.5 Å². The number of carbonyl (C=O) groups is 1. The van der Waals surface area contributed by atoms with Crippen molar-refractivity contribution in [3.05, 3.63) is 29.2 Å². The van der Waals surface area contributed by atoms with E-state index in [2.05, 4.69) is 10.2 Å². The smallest absolute Gasteiger partial charge is 0.376 e. The summed E-state index contributed by atoms with van der Waals surface area (Å²) < 4.78 is 6.33. The molecule has 0 aliphatic heterocycles. The fourth-order valence-electron chi connectivity index (χ4n) is 1.20. The lowest BCUT2D eigenvalue weighted by molar-refractivity contribution is 0.0510. The van der Waals surface area contributed by atoms with Gasteiger partial charge in [0, 0.05) is 6.20 Å². The summed E-state index contributed by atoms with van der Waals surface area (Å²) in [6, 6.07) is 3.36. The highest BCUT2D eigenvalue weighted by Crippen LogP contribution is 2.11. The van der Waals surface area contributed by atoms with Crippen LogP contribution in [0.15, 0.2) is 18.3 Å². The van der Waals surface area contributed by atoms with Gasteiger partial charge >= 0.3 is 5.97 Å². The fraction of sp³-hybridized carbons (Fsp3) is 0.222. The number of ether oxygens (including phenoxy) is 1. The molecule has 6 heteroatoms. The number of pyridine rings is 1. The van der Waals surface area contributed by atoms with Gasteiger partial charge in [0.25, 0.3) is 0 Å². The molecule has 0 amide bonds. The van der Waals surface area contributed by atoms with E-state index in [1.807, 2.05) is 0 Å². The average molecular weight is 226 g/mol. The molecular weight excluding hydrogens is 218 g/mol. The van der Waals surface area contributed by atoms with E-state index < -0.39 is 5.97 Å². The van der Waals surface area contributed by atoms with Crippen molar-refractivity contribution in [2.45, 2.75) is 6.92 Å². The zero-order chi connectivity index (χ0) is 10.8. The third-order valence-electron chi connectivity index (χ3n) is 1.82. The number of rotatable bonds is 2. The molecule has 2 rings (SSSR count). The van der Waals surface area contributed by atoms with E-state index in [0.29, 0.717) is 17.3 Å². The zero-order valence-electron chi connectivity index (χ0n) is 7.98. The van der Waals surface area contributed by atoms with Crippen LogP contribution in [0.4, 0.5) is 0 Å². The number of hydrogen-bond donors (Lipinski definition) is 0. The standard InChI is InChI=1S/C9H8ClN3O2/c1-2-15-9(14)8-12-11-7-4-3-6(10)5-13(7)8/h3-5H,2H2,1H3. The molecule has 2 heterocycles. The second-order valence-corrected chi connectivity index (χ2v) is 3.26. The fourth-order valence-corrected chi connectivity index (χ4v) is 1.36. The number of fused-ring (bicyclic) bond motifs is 1. The Balaban J connectivity index is 2.52. The van der Waals surface area contributed by atoms with Crippen molar-refractivity contribution in [3.8, 4) is 0 Å². The van der Waals surface area contributed by atoms with E-state index in [1.165, 1.54) is 4.40 Å². The molecule has 2 aromatic heterocycles. The average Bonchev–Trinajstić information content (AvgIpc) is 2.60. The lowest BCUT2D eigenvalue weighted by atomic mass is 10.4. The predicted molar refractivity (Wildman–Crippen MR) is 54.0 cm³/mol. The van der Waals surface area contributed by atoms with E-state index in [0.717, 1.165) is 0 Å². The van der Waals surface area contributed by atoms with Crippen molar-refractivity contribution >= 4 is 23.2 Å². The molecule has 78 valence electrons. The van der Waals surface area contributed by atoms with Crippen LogP contribution < -0.4 is 0 Å². The maximum Gasteiger partial charge on any atom is 0.376 e. The molecule has 0 saturated heterocycles. The Bertz CT molecular complexity index is 509. The van der Waals surface area contributed by atoms with Gasteiger partial charge in [-0.3, -0.25) is 4.40 Å². The summed E-state index contributed by atoms with van der Waals surface area (Å²) in [6.45, 7) is 2.03. The largest absolute Gasteiger partial charge is 0.460 e. The monoisotopic (exact) mass is 225 g/mol. The van der Waals surface area contributed by atoms with Gasteiger partial charge in [0.05, 0.1) is 11.6 Å². The van der Waals surface area contributed by atoms with Crippen LogP contribution in [-0.2, 0) is 4.74 Å². The summed E-state index contributed by atoms with van der Waals surface area (Å²) in [5, 5.41) is 8.06. The van der Waals surface area contributed by atoms with E-state index in [-0.39, 0.29) is 5.82 Å². The normalized spacial score (nSPS) is 10.5. The van der Waals surface area contributed by atoms with Crippen molar-refractivity contribution < 1.29 is 9.53 Å². The summed E-state index contributed by atoms with van der Waals surface area (Å²) in [4.78, 5) is 11.4. The van der Waals surface area contributed by atoms with Crippen molar-refractivity contribution in [2.75, 3.05) is 6.61 Å². The van der Waals surface area contributed by atoms with Gasteiger partial charge in [-0.1, -0.05) is 11.6 Å². The first kappa shape index (κ1) is 9.92. The maximum absolute atomic E-state index is 11.4. The molecule has 0 aromatic carbocycles. The Morgan fingerprint density at radius 3 is 3.07 bits per heavy atom. The molecule has 0 aliphatic carbocycles. The molecule has 0 fully saturated rings. The van der Waals surface area contributed by atoms with Gasteiger partial charge < -0.3 is 4.74 Å². The minimum absolute atomic E-state index is 0.134. The second kappa shape index (κ2) is 3.86. The van der Waals surface area contributed by atoms with Crippen molar-refractivity contribution in [2.24, 2.45) is 0 Å². The third-order valence-corrected chi connectivity index (χ3v) is 2.05. The molecule has 2 aromatic rings. The number of halogens is 1. The van der Waals surface area contributed by atoms with Crippen LogP contribution in [0.2, 0.25) is 5.02 Å². The lowest BCUT2D eigenvalue weighted by Gasteiger charge is -1.99. The summed E-state index contributed by atoms with van der Waals surface area (Å²) >= 11 is 5.80. The first-order chi connectivity index (χ1) is 7.22. The van der Waals surface area contributed by atoms with Crippen LogP contribution in [0.5, 0.6) is 0 Å². The van der Waals surface area contributed by atoms with E-state index in [9.17, 15) is 4.79 Å². The van der Waals surface area contributed by atoms with Crippen molar-refractivity contribution in [3.63, 3.8) is 0 Å². The Morgan fingerprint density at radius 1 is 1.53 bits per heavy atom. The summed E-state index contributed by atoms with van der Waals surface area (Å²) in [5.74, 6) is -0.374. The number of carbonyl (C=O) groups excluding carboxylic acids is 1. The molecule has 5 nitrogen and oxygen atoms in total. The Kier molecular flexibility index (Phi) is 2.55. The molecule has 15 heavy (non-hydrogen) atoms. The number of aromatic nitrogens is 3. The van der Waals surface area contributed by atoms with E-state index in [4.69, 9.17) is 16.3 Å². The number of nitrogens with zero attached hydrogens (tertiary/aromatic N) is 3. The lowest BCUT2D eigenvalue weighted by Crippen LogP contribution is -2.09. The van der Waals surface area contributed by atoms with Crippen LogP contribution in [-0.4, -0.2) is 27.2 Å². The Morgan fingerprint density at radius 2 is 2.33 bits per heavy atom.